The Labute approximate surface area is 148 Å². The quantitative estimate of drug-likeness (QED) is 0.586. The van der Waals surface area contributed by atoms with Crippen LogP contribution in [-0.4, -0.2) is 10.5 Å². The minimum atomic E-state index is -4.40. The monoisotopic (exact) mass is 359 g/mol. The Bertz CT molecular complexity index is 986. The number of aryl methyl sites for hydroxylation is 1. The first-order valence-corrected chi connectivity index (χ1v) is 7.87. The Balaban J connectivity index is 1.89. The Morgan fingerprint density at radius 3 is 2.69 bits per heavy atom. The number of fused-ring (bicyclic) bond motifs is 1. The maximum atomic E-state index is 12.9. The van der Waals surface area contributed by atoms with Gasteiger partial charge in [-0.3, -0.25) is 9.36 Å². The van der Waals surface area contributed by atoms with Gasteiger partial charge < -0.3 is 4.74 Å². The van der Waals surface area contributed by atoms with Gasteiger partial charge in [-0.2, -0.15) is 13.2 Å². The van der Waals surface area contributed by atoms with Crippen molar-refractivity contribution in [2.75, 3.05) is 0 Å². The van der Waals surface area contributed by atoms with Crippen LogP contribution in [-0.2, 0) is 12.8 Å². The molecule has 0 aliphatic carbocycles. The van der Waals surface area contributed by atoms with Gasteiger partial charge >= 0.3 is 6.18 Å². The maximum Gasteiger partial charge on any atom is 0.416 e. The van der Waals surface area contributed by atoms with Crippen molar-refractivity contribution in [2.45, 2.75) is 19.7 Å². The van der Waals surface area contributed by atoms with Crippen molar-refractivity contribution in [1.82, 2.24) is 4.57 Å². The topological polar surface area (TPSA) is 31.2 Å². The molecule has 0 spiro atoms. The number of nitrogens with zero attached hydrogens (tertiary/aromatic N) is 1. The van der Waals surface area contributed by atoms with Crippen molar-refractivity contribution in [2.24, 2.45) is 0 Å². The molecule has 0 radical (unpaired) electrons. The first-order chi connectivity index (χ1) is 12.3. The second kappa shape index (κ2) is 6.71. The summed E-state index contributed by atoms with van der Waals surface area (Å²) in [5.74, 6) is 0.221. The zero-order valence-electron chi connectivity index (χ0n) is 14.0. The Kier molecular flexibility index (Phi) is 4.59. The van der Waals surface area contributed by atoms with Crippen LogP contribution in [0.4, 0.5) is 13.2 Å². The smallest absolute Gasteiger partial charge is 0.416 e. The van der Waals surface area contributed by atoms with E-state index >= 15 is 0 Å². The van der Waals surface area contributed by atoms with Gasteiger partial charge in [0.25, 0.3) is 5.91 Å². The number of alkyl halides is 3. The second-order valence-corrected chi connectivity index (χ2v) is 5.91. The van der Waals surface area contributed by atoms with Crippen LogP contribution in [0.5, 0.6) is 5.75 Å². The van der Waals surface area contributed by atoms with E-state index in [4.69, 9.17) is 4.74 Å². The number of carbonyl (C=O) groups is 1. The highest BCUT2D eigenvalue weighted by Crippen LogP contribution is 2.31. The van der Waals surface area contributed by atoms with Crippen molar-refractivity contribution in [3.05, 3.63) is 78.0 Å². The summed E-state index contributed by atoms with van der Waals surface area (Å²) in [6, 6.07) is 10.8. The van der Waals surface area contributed by atoms with E-state index in [1.165, 1.54) is 10.6 Å². The summed E-state index contributed by atoms with van der Waals surface area (Å²) in [6.45, 7) is 5.07. The molecule has 0 fully saturated rings. The molecule has 0 amide bonds. The average molecular weight is 359 g/mol. The molecule has 1 aromatic heterocycles. The van der Waals surface area contributed by atoms with Gasteiger partial charge in [0.05, 0.1) is 11.1 Å². The number of hydrogen-bond acceptors (Lipinski definition) is 2. The third-order valence-corrected chi connectivity index (χ3v) is 3.96. The van der Waals surface area contributed by atoms with E-state index in [9.17, 15) is 18.0 Å². The van der Waals surface area contributed by atoms with Crippen LogP contribution in [0.1, 0.15) is 21.5 Å². The highest BCUT2D eigenvalue weighted by atomic mass is 19.4. The second-order valence-electron chi connectivity index (χ2n) is 5.91. The lowest BCUT2D eigenvalue weighted by Crippen LogP contribution is -2.07. The fourth-order valence-electron chi connectivity index (χ4n) is 2.83. The van der Waals surface area contributed by atoms with Crippen molar-refractivity contribution in [3.63, 3.8) is 0 Å². The molecule has 6 heteroatoms. The molecule has 3 rings (SSSR count). The van der Waals surface area contributed by atoms with E-state index < -0.39 is 11.7 Å². The summed E-state index contributed by atoms with van der Waals surface area (Å²) in [6.07, 6.45) is -1.59. The zero-order chi connectivity index (χ0) is 18.9. The molecular weight excluding hydrogens is 343 g/mol. The first-order valence-electron chi connectivity index (χ1n) is 7.87. The molecule has 1 heterocycles. The Hall–Kier alpha value is -3.02. The van der Waals surface area contributed by atoms with Crippen molar-refractivity contribution in [1.29, 1.82) is 0 Å². The van der Waals surface area contributed by atoms with Gasteiger partial charge in [0.15, 0.2) is 0 Å². The molecule has 0 bridgehead atoms. The normalized spacial score (nSPS) is 11.5. The number of carbonyl (C=O) groups excluding carboxylic acids is 1. The van der Waals surface area contributed by atoms with Gasteiger partial charge in [-0.05, 0) is 48.9 Å². The van der Waals surface area contributed by atoms with Crippen molar-refractivity contribution >= 4 is 16.8 Å². The summed E-state index contributed by atoms with van der Waals surface area (Å²) < 4.78 is 46.0. The van der Waals surface area contributed by atoms with Gasteiger partial charge in [0, 0.05) is 11.6 Å². The lowest BCUT2D eigenvalue weighted by Gasteiger charge is -2.12. The number of hydrogen-bond donors (Lipinski definition) is 0. The van der Waals surface area contributed by atoms with Gasteiger partial charge in [-0.25, -0.2) is 0 Å². The fraction of sp³-hybridized carbons (Fsp3) is 0.150. The van der Waals surface area contributed by atoms with Gasteiger partial charge in [-0.1, -0.05) is 24.3 Å². The summed E-state index contributed by atoms with van der Waals surface area (Å²) in [4.78, 5) is 11.8. The lowest BCUT2D eigenvalue weighted by atomic mass is 10.1. The third kappa shape index (κ3) is 3.49. The van der Waals surface area contributed by atoms with Gasteiger partial charge in [-0.15, -0.1) is 0 Å². The molecule has 0 saturated carbocycles. The van der Waals surface area contributed by atoms with Crippen LogP contribution in [0.2, 0.25) is 0 Å². The van der Waals surface area contributed by atoms with Crippen LogP contribution in [0, 0.1) is 6.92 Å². The van der Waals surface area contributed by atoms with E-state index in [0.717, 1.165) is 12.1 Å². The van der Waals surface area contributed by atoms with E-state index in [1.54, 1.807) is 43.5 Å². The lowest BCUT2D eigenvalue weighted by molar-refractivity contribution is -0.137. The van der Waals surface area contributed by atoms with Crippen LogP contribution >= 0.6 is 0 Å². The molecule has 2 aromatic carbocycles. The van der Waals surface area contributed by atoms with E-state index in [-0.39, 0.29) is 12.5 Å². The number of ether oxygens (including phenoxy) is 1. The predicted molar refractivity (Wildman–Crippen MR) is 93.3 cm³/mol. The van der Waals surface area contributed by atoms with Crippen molar-refractivity contribution in [3.8, 4) is 5.75 Å². The van der Waals surface area contributed by atoms with E-state index in [2.05, 4.69) is 6.58 Å². The van der Waals surface area contributed by atoms with Crippen molar-refractivity contribution < 1.29 is 22.7 Å². The number of allylic oxidation sites excluding steroid dienone is 1. The van der Waals surface area contributed by atoms with Gasteiger partial charge in [0.2, 0.25) is 0 Å². The Morgan fingerprint density at radius 1 is 1.23 bits per heavy atom. The van der Waals surface area contributed by atoms with Crippen LogP contribution in [0.15, 0.2) is 61.3 Å². The molecule has 0 unspecified atom stereocenters. The number of benzene rings is 2. The number of halogens is 3. The Morgan fingerprint density at radius 2 is 2.00 bits per heavy atom. The SMILES string of the molecule is C=CC(=O)n1ccc2c(OCc3cc(C)cc(C(F)(F)F)c3)cccc21. The molecule has 0 atom stereocenters. The fourth-order valence-corrected chi connectivity index (χ4v) is 2.83. The molecule has 0 saturated heterocycles. The van der Waals surface area contributed by atoms with E-state index in [1.807, 2.05) is 0 Å². The highest BCUT2D eigenvalue weighted by Gasteiger charge is 2.30. The summed E-state index contributed by atoms with van der Waals surface area (Å²) in [5.41, 5.74) is 0.889. The molecule has 0 N–H and O–H groups in total. The summed E-state index contributed by atoms with van der Waals surface area (Å²) >= 11 is 0. The first kappa shape index (κ1) is 17.8. The molecule has 0 aliphatic rings. The van der Waals surface area contributed by atoms with Crippen LogP contribution in [0.3, 0.4) is 0 Å². The van der Waals surface area contributed by atoms with Gasteiger partial charge in [0.1, 0.15) is 12.4 Å². The summed E-state index contributed by atoms with van der Waals surface area (Å²) in [5, 5.41) is 0.700. The largest absolute Gasteiger partial charge is 0.488 e. The molecule has 3 nitrogen and oxygen atoms in total. The molecule has 134 valence electrons. The molecule has 0 aliphatic heterocycles. The van der Waals surface area contributed by atoms with E-state index in [0.29, 0.717) is 27.8 Å². The standard InChI is InChI=1S/C20H16F3NO2/c1-3-19(25)24-8-7-16-17(24)5-4-6-18(16)26-12-14-9-13(2)10-15(11-14)20(21,22)23/h3-11H,1,12H2,2H3. The minimum Gasteiger partial charge on any atom is -0.488 e. The molecule has 3 aromatic rings. The maximum absolute atomic E-state index is 12.9. The molecular formula is C20H16F3NO2. The number of rotatable bonds is 4. The minimum absolute atomic E-state index is 0.00947. The third-order valence-electron chi connectivity index (χ3n) is 3.96. The predicted octanol–water partition coefficient (Wildman–Crippen LogP) is 5.37. The molecule has 26 heavy (non-hydrogen) atoms. The summed E-state index contributed by atoms with van der Waals surface area (Å²) in [7, 11) is 0. The number of aromatic nitrogens is 1. The van der Waals surface area contributed by atoms with Crippen LogP contribution < -0.4 is 4.74 Å². The zero-order valence-corrected chi connectivity index (χ0v) is 14.0. The highest BCUT2D eigenvalue weighted by molar-refractivity contribution is 5.99. The average Bonchev–Trinajstić information content (AvgIpc) is 3.02. The van der Waals surface area contributed by atoms with Crippen LogP contribution in [0.25, 0.3) is 10.9 Å².